The summed E-state index contributed by atoms with van der Waals surface area (Å²) in [7, 11) is -3.59. The molecule has 23 heavy (non-hydrogen) atoms. The summed E-state index contributed by atoms with van der Waals surface area (Å²) >= 11 is 3.29. The van der Waals surface area contributed by atoms with Gasteiger partial charge in [0, 0.05) is 23.5 Å². The van der Waals surface area contributed by atoms with Crippen LogP contribution in [0.5, 0.6) is 0 Å². The van der Waals surface area contributed by atoms with E-state index < -0.39 is 10.0 Å². The van der Waals surface area contributed by atoms with Crippen LogP contribution in [0.1, 0.15) is 26.7 Å². The SMILES string of the molecule is CC(=O)Nc1ccc(S(=O)(=O)NC2CCCNC2C)cc1Br.Cl. The Morgan fingerprint density at radius 2 is 2.09 bits per heavy atom. The average molecular weight is 427 g/mol. The van der Waals surface area contributed by atoms with Gasteiger partial charge in [0.1, 0.15) is 0 Å². The number of amides is 1. The Labute approximate surface area is 151 Å². The molecule has 0 bridgehead atoms. The Bertz CT molecular complexity index is 669. The first-order chi connectivity index (χ1) is 10.3. The molecule has 2 unspecified atom stereocenters. The first-order valence-corrected chi connectivity index (χ1v) is 9.40. The molecular formula is C14H21BrClN3O3S. The van der Waals surface area contributed by atoms with Gasteiger partial charge in [-0.2, -0.15) is 0 Å². The molecule has 1 aliphatic rings. The summed E-state index contributed by atoms with van der Waals surface area (Å²) in [6.45, 7) is 4.29. The molecule has 0 aliphatic carbocycles. The van der Waals surface area contributed by atoms with E-state index in [0.717, 1.165) is 19.4 Å². The van der Waals surface area contributed by atoms with Crippen molar-refractivity contribution in [2.75, 3.05) is 11.9 Å². The fraction of sp³-hybridized carbons (Fsp3) is 0.500. The Morgan fingerprint density at radius 3 is 2.65 bits per heavy atom. The molecule has 0 spiro atoms. The van der Waals surface area contributed by atoms with Crippen LogP contribution < -0.4 is 15.4 Å². The second-order valence-corrected chi connectivity index (χ2v) is 8.00. The minimum atomic E-state index is -3.59. The van der Waals surface area contributed by atoms with E-state index in [2.05, 4.69) is 31.3 Å². The Morgan fingerprint density at radius 1 is 1.39 bits per heavy atom. The molecule has 1 aromatic carbocycles. The summed E-state index contributed by atoms with van der Waals surface area (Å²) in [5.41, 5.74) is 0.541. The number of hydrogen-bond donors (Lipinski definition) is 3. The van der Waals surface area contributed by atoms with E-state index in [1.165, 1.54) is 19.1 Å². The van der Waals surface area contributed by atoms with Crippen molar-refractivity contribution in [3.05, 3.63) is 22.7 Å². The number of carbonyl (C=O) groups is 1. The first kappa shape index (κ1) is 20.4. The molecule has 9 heteroatoms. The maximum absolute atomic E-state index is 12.5. The third-order valence-corrected chi connectivity index (χ3v) is 5.77. The molecule has 1 heterocycles. The monoisotopic (exact) mass is 425 g/mol. The number of nitrogens with one attached hydrogen (secondary N) is 3. The van der Waals surface area contributed by atoms with Gasteiger partial charge in [-0.15, -0.1) is 12.4 Å². The number of hydrogen-bond acceptors (Lipinski definition) is 4. The molecular weight excluding hydrogens is 406 g/mol. The van der Waals surface area contributed by atoms with Gasteiger partial charge in [-0.05, 0) is 60.4 Å². The molecule has 3 N–H and O–H groups in total. The van der Waals surface area contributed by atoms with Gasteiger partial charge in [-0.25, -0.2) is 13.1 Å². The Hall–Kier alpha value is -0.670. The molecule has 0 aromatic heterocycles. The fourth-order valence-electron chi connectivity index (χ4n) is 2.43. The minimum Gasteiger partial charge on any atom is -0.325 e. The summed E-state index contributed by atoms with van der Waals surface area (Å²) in [4.78, 5) is 11.2. The number of halogens is 2. The van der Waals surface area contributed by atoms with Crippen LogP contribution >= 0.6 is 28.3 Å². The van der Waals surface area contributed by atoms with Gasteiger partial charge in [0.25, 0.3) is 0 Å². The van der Waals surface area contributed by atoms with Crippen LogP contribution in [0, 0.1) is 0 Å². The van der Waals surface area contributed by atoms with E-state index in [1.54, 1.807) is 6.07 Å². The summed E-state index contributed by atoms with van der Waals surface area (Å²) in [6.07, 6.45) is 1.77. The maximum Gasteiger partial charge on any atom is 0.240 e. The predicted molar refractivity (Wildman–Crippen MR) is 96.5 cm³/mol. The highest BCUT2D eigenvalue weighted by molar-refractivity contribution is 9.10. The zero-order valence-electron chi connectivity index (χ0n) is 12.9. The third-order valence-electron chi connectivity index (χ3n) is 3.63. The van der Waals surface area contributed by atoms with E-state index in [9.17, 15) is 13.2 Å². The lowest BCUT2D eigenvalue weighted by Gasteiger charge is -2.30. The van der Waals surface area contributed by atoms with Crippen LogP contribution in [0.25, 0.3) is 0 Å². The van der Waals surface area contributed by atoms with Crippen LogP contribution in [0.2, 0.25) is 0 Å². The highest BCUT2D eigenvalue weighted by Crippen LogP contribution is 2.26. The number of rotatable bonds is 4. The zero-order valence-corrected chi connectivity index (χ0v) is 16.1. The molecule has 1 saturated heterocycles. The second-order valence-electron chi connectivity index (χ2n) is 5.44. The van der Waals surface area contributed by atoms with Crippen molar-refractivity contribution in [1.29, 1.82) is 0 Å². The van der Waals surface area contributed by atoms with E-state index in [-0.39, 0.29) is 35.3 Å². The quantitative estimate of drug-likeness (QED) is 0.689. The van der Waals surface area contributed by atoms with Crippen molar-refractivity contribution >= 4 is 50.0 Å². The van der Waals surface area contributed by atoms with Crippen LogP contribution in [-0.2, 0) is 14.8 Å². The molecule has 0 saturated carbocycles. The average Bonchev–Trinajstić information content (AvgIpc) is 2.43. The number of benzene rings is 1. The molecule has 1 aromatic rings. The molecule has 6 nitrogen and oxygen atoms in total. The molecule has 0 radical (unpaired) electrons. The molecule has 2 rings (SSSR count). The van der Waals surface area contributed by atoms with Gasteiger partial charge in [0.05, 0.1) is 10.6 Å². The van der Waals surface area contributed by atoms with Crippen molar-refractivity contribution in [2.45, 2.75) is 43.7 Å². The van der Waals surface area contributed by atoms with Gasteiger partial charge in [0.2, 0.25) is 15.9 Å². The molecule has 2 atom stereocenters. The van der Waals surface area contributed by atoms with Gasteiger partial charge in [0.15, 0.2) is 0 Å². The standard InChI is InChI=1S/C14H20BrN3O3S.ClH/c1-9-13(4-3-7-16-9)18-22(20,21)11-5-6-14(12(15)8-11)17-10(2)19;/h5-6,8-9,13,16,18H,3-4,7H2,1-2H3,(H,17,19);1H. The van der Waals surface area contributed by atoms with Gasteiger partial charge in [-0.3, -0.25) is 4.79 Å². The number of sulfonamides is 1. The summed E-state index contributed by atoms with van der Waals surface area (Å²) < 4.78 is 28.2. The van der Waals surface area contributed by atoms with Crippen LogP contribution in [0.4, 0.5) is 5.69 Å². The van der Waals surface area contributed by atoms with E-state index >= 15 is 0 Å². The molecule has 1 fully saturated rings. The molecule has 1 amide bonds. The number of piperidine rings is 1. The fourth-order valence-corrected chi connectivity index (χ4v) is 4.43. The first-order valence-electron chi connectivity index (χ1n) is 7.12. The topological polar surface area (TPSA) is 87.3 Å². The second kappa shape index (κ2) is 8.43. The Kier molecular flexibility index (Phi) is 7.47. The lowest BCUT2D eigenvalue weighted by molar-refractivity contribution is -0.114. The summed E-state index contributed by atoms with van der Waals surface area (Å²) in [5.74, 6) is -0.212. The van der Waals surface area contributed by atoms with Crippen LogP contribution in [0.15, 0.2) is 27.6 Å². The minimum absolute atomic E-state index is 0. The van der Waals surface area contributed by atoms with E-state index in [0.29, 0.717) is 10.2 Å². The predicted octanol–water partition coefficient (Wildman–Crippen LogP) is 2.25. The van der Waals surface area contributed by atoms with E-state index in [4.69, 9.17) is 0 Å². The van der Waals surface area contributed by atoms with Crippen LogP contribution in [-0.4, -0.2) is 33.0 Å². The zero-order chi connectivity index (χ0) is 16.3. The normalized spacial score (nSPS) is 21.3. The van der Waals surface area contributed by atoms with Crippen molar-refractivity contribution in [1.82, 2.24) is 10.0 Å². The van der Waals surface area contributed by atoms with Crippen LogP contribution in [0.3, 0.4) is 0 Å². The van der Waals surface area contributed by atoms with Gasteiger partial charge >= 0.3 is 0 Å². The summed E-state index contributed by atoms with van der Waals surface area (Å²) in [6, 6.07) is 4.54. The highest BCUT2D eigenvalue weighted by Gasteiger charge is 2.26. The molecule has 130 valence electrons. The van der Waals surface area contributed by atoms with Crippen molar-refractivity contribution < 1.29 is 13.2 Å². The number of carbonyl (C=O) groups excluding carboxylic acids is 1. The smallest absolute Gasteiger partial charge is 0.240 e. The third kappa shape index (κ3) is 5.42. The maximum atomic E-state index is 12.5. The highest BCUT2D eigenvalue weighted by atomic mass is 79.9. The van der Waals surface area contributed by atoms with Crippen molar-refractivity contribution in [3.63, 3.8) is 0 Å². The van der Waals surface area contributed by atoms with Crippen molar-refractivity contribution in [3.8, 4) is 0 Å². The van der Waals surface area contributed by atoms with Crippen molar-refractivity contribution in [2.24, 2.45) is 0 Å². The lowest BCUT2D eigenvalue weighted by Crippen LogP contribution is -2.51. The lowest BCUT2D eigenvalue weighted by atomic mass is 10.0. The largest absolute Gasteiger partial charge is 0.325 e. The van der Waals surface area contributed by atoms with E-state index in [1.807, 2.05) is 6.92 Å². The molecule has 1 aliphatic heterocycles. The van der Waals surface area contributed by atoms with Gasteiger partial charge < -0.3 is 10.6 Å². The summed E-state index contributed by atoms with van der Waals surface area (Å²) in [5, 5.41) is 5.89. The Balaban J connectivity index is 0.00000264. The number of anilines is 1. The van der Waals surface area contributed by atoms with Gasteiger partial charge in [-0.1, -0.05) is 0 Å².